The fraction of sp³-hybridized carbons (Fsp3) is 0.0769. The molecule has 0 aliphatic rings. The standard InChI is InChI=1S/C13H11N3O/c1-9-6-10(7-14)2-4-12(9)17-13-5-3-11(15)8-16-13/h2-6,8H,15H2,1H3. The zero-order valence-electron chi connectivity index (χ0n) is 9.34. The summed E-state index contributed by atoms with van der Waals surface area (Å²) in [5.74, 6) is 1.16. The first-order valence-electron chi connectivity index (χ1n) is 5.09. The third kappa shape index (κ3) is 2.52. The van der Waals surface area contributed by atoms with E-state index in [0.717, 1.165) is 5.56 Å². The summed E-state index contributed by atoms with van der Waals surface area (Å²) >= 11 is 0. The number of aromatic nitrogens is 1. The van der Waals surface area contributed by atoms with Crippen molar-refractivity contribution < 1.29 is 4.74 Å². The van der Waals surface area contributed by atoms with Crippen LogP contribution in [0.15, 0.2) is 36.5 Å². The number of nitrogens with two attached hydrogens (primary N) is 1. The summed E-state index contributed by atoms with van der Waals surface area (Å²) in [6.45, 7) is 1.88. The number of anilines is 1. The molecule has 17 heavy (non-hydrogen) atoms. The van der Waals surface area contributed by atoms with Crippen molar-refractivity contribution >= 4 is 5.69 Å². The molecule has 0 saturated heterocycles. The maximum absolute atomic E-state index is 8.76. The maximum atomic E-state index is 8.76. The van der Waals surface area contributed by atoms with Gasteiger partial charge >= 0.3 is 0 Å². The summed E-state index contributed by atoms with van der Waals surface area (Å²) in [5.41, 5.74) is 7.63. The summed E-state index contributed by atoms with van der Waals surface area (Å²) in [6.07, 6.45) is 1.54. The van der Waals surface area contributed by atoms with Crippen molar-refractivity contribution in [2.24, 2.45) is 0 Å². The highest BCUT2D eigenvalue weighted by atomic mass is 16.5. The molecule has 0 aliphatic heterocycles. The maximum Gasteiger partial charge on any atom is 0.219 e. The minimum Gasteiger partial charge on any atom is -0.439 e. The van der Waals surface area contributed by atoms with Crippen LogP contribution >= 0.6 is 0 Å². The van der Waals surface area contributed by atoms with E-state index in [1.54, 1.807) is 30.3 Å². The Labute approximate surface area is 99.3 Å². The Morgan fingerprint density at radius 1 is 1.29 bits per heavy atom. The van der Waals surface area contributed by atoms with Crippen molar-refractivity contribution in [2.75, 3.05) is 5.73 Å². The Hall–Kier alpha value is -2.54. The molecule has 0 radical (unpaired) electrons. The first kappa shape index (κ1) is 11.0. The number of nitriles is 1. The van der Waals surface area contributed by atoms with Crippen LogP contribution in [-0.4, -0.2) is 4.98 Å². The molecule has 0 fully saturated rings. The van der Waals surface area contributed by atoms with Crippen LogP contribution in [0, 0.1) is 18.3 Å². The quantitative estimate of drug-likeness (QED) is 0.852. The van der Waals surface area contributed by atoms with Gasteiger partial charge in [0.05, 0.1) is 23.5 Å². The predicted molar refractivity (Wildman–Crippen MR) is 64.6 cm³/mol. The average molecular weight is 225 g/mol. The first-order chi connectivity index (χ1) is 8.19. The van der Waals surface area contributed by atoms with E-state index in [2.05, 4.69) is 11.1 Å². The van der Waals surface area contributed by atoms with E-state index >= 15 is 0 Å². The molecule has 4 heteroatoms. The minimum absolute atomic E-state index is 0.479. The second kappa shape index (κ2) is 4.54. The lowest BCUT2D eigenvalue weighted by Gasteiger charge is -2.07. The van der Waals surface area contributed by atoms with Crippen molar-refractivity contribution in [3.63, 3.8) is 0 Å². The van der Waals surface area contributed by atoms with Crippen molar-refractivity contribution in [3.8, 4) is 17.7 Å². The van der Waals surface area contributed by atoms with E-state index in [1.165, 1.54) is 6.20 Å². The van der Waals surface area contributed by atoms with E-state index in [4.69, 9.17) is 15.7 Å². The fourth-order valence-corrected chi connectivity index (χ4v) is 1.40. The number of hydrogen-bond donors (Lipinski definition) is 1. The molecule has 1 heterocycles. The number of nitrogens with zero attached hydrogens (tertiary/aromatic N) is 2. The van der Waals surface area contributed by atoms with Gasteiger partial charge in [0.2, 0.25) is 5.88 Å². The second-order valence-electron chi connectivity index (χ2n) is 3.62. The zero-order valence-corrected chi connectivity index (χ0v) is 9.34. The van der Waals surface area contributed by atoms with Crippen LogP contribution in [0.5, 0.6) is 11.6 Å². The Bertz CT molecular complexity index is 570. The average Bonchev–Trinajstić information content (AvgIpc) is 2.34. The third-order valence-electron chi connectivity index (χ3n) is 2.28. The number of pyridine rings is 1. The van der Waals surface area contributed by atoms with E-state index in [0.29, 0.717) is 22.9 Å². The van der Waals surface area contributed by atoms with Crippen molar-refractivity contribution in [3.05, 3.63) is 47.7 Å². The van der Waals surface area contributed by atoms with Crippen molar-refractivity contribution in [2.45, 2.75) is 6.92 Å². The monoisotopic (exact) mass is 225 g/mol. The molecule has 0 aliphatic carbocycles. The van der Waals surface area contributed by atoms with Crippen LogP contribution < -0.4 is 10.5 Å². The largest absolute Gasteiger partial charge is 0.439 e. The number of hydrogen-bond acceptors (Lipinski definition) is 4. The van der Waals surface area contributed by atoms with Crippen LogP contribution in [0.4, 0.5) is 5.69 Å². The number of ether oxygens (including phenoxy) is 1. The molecule has 1 aromatic carbocycles. The predicted octanol–water partition coefficient (Wildman–Crippen LogP) is 2.64. The van der Waals surface area contributed by atoms with E-state index in [1.807, 2.05) is 6.92 Å². The van der Waals surface area contributed by atoms with Gasteiger partial charge in [-0.15, -0.1) is 0 Å². The van der Waals surface area contributed by atoms with E-state index < -0.39 is 0 Å². The molecule has 2 rings (SSSR count). The highest BCUT2D eigenvalue weighted by Crippen LogP contribution is 2.24. The number of nitrogen functional groups attached to an aromatic ring is 1. The van der Waals surface area contributed by atoms with E-state index in [-0.39, 0.29) is 0 Å². The Balaban J connectivity index is 2.25. The van der Waals surface area contributed by atoms with Gasteiger partial charge in [-0.2, -0.15) is 5.26 Å². The molecular formula is C13H11N3O. The normalized spacial score (nSPS) is 9.65. The molecule has 0 saturated carbocycles. The first-order valence-corrected chi connectivity index (χ1v) is 5.09. The second-order valence-corrected chi connectivity index (χ2v) is 3.62. The Morgan fingerprint density at radius 3 is 2.71 bits per heavy atom. The molecule has 4 nitrogen and oxygen atoms in total. The van der Waals surface area contributed by atoms with Crippen molar-refractivity contribution in [1.29, 1.82) is 5.26 Å². The zero-order chi connectivity index (χ0) is 12.3. The van der Waals surface area contributed by atoms with E-state index in [9.17, 15) is 0 Å². The lowest BCUT2D eigenvalue weighted by Crippen LogP contribution is -1.92. The third-order valence-corrected chi connectivity index (χ3v) is 2.28. The fourth-order valence-electron chi connectivity index (χ4n) is 1.40. The number of rotatable bonds is 2. The molecule has 2 N–H and O–H groups in total. The molecular weight excluding hydrogens is 214 g/mol. The van der Waals surface area contributed by atoms with Gasteiger partial charge < -0.3 is 10.5 Å². The van der Waals surface area contributed by atoms with Gasteiger partial charge in [0, 0.05) is 6.07 Å². The van der Waals surface area contributed by atoms with Crippen LogP contribution in [0.1, 0.15) is 11.1 Å². The summed E-state index contributed by atoms with van der Waals surface area (Å²) in [6, 6.07) is 10.7. The van der Waals surface area contributed by atoms with Gasteiger partial charge in [-0.25, -0.2) is 4.98 Å². The topological polar surface area (TPSA) is 71.9 Å². The number of aryl methyl sites for hydroxylation is 1. The minimum atomic E-state index is 0.479. The van der Waals surface area contributed by atoms with Gasteiger partial charge in [-0.05, 0) is 36.8 Å². The van der Waals surface area contributed by atoms with Gasteiger partial charge in [0.25, 0.3) is 0 Å². The molecule has 0 spiro atoms. The molecule has 0 atom stereocenters. The highest BCUT2D eigenvalue weighted by Gasteiger charge is 2.03. The van der Waals surface area contributed by atoms with Gasteiger partial charge in [-0.1, -0.05) is 0 Å². The van der Waals surface area contributed by atoms with Crippen LogP contribution in [0.3, 0.4) is 0 Å². The lowest BCUT2D eigenvalue weighted by molar-refractivity contribution is 0.459. The Kier molecular flexibility index (Phi) is 2.93. The molecule has 84 valence electrons. The summed E-state index contributed by atoms with van der Waals surface area (Å²) in [4.78, 5) is 4.05. The van der Waals surface area contributed by atoms with Gasteiger partial charge in [0.15, 0.2) is 0 Å². The van der Waals surface area contributed by atoms with Crippen LogP contribution in [-0.2, 0) is 0 Å². The van der Waals surface area contributed by atoms with Crippen molar-refractivity contribution in [1.82, 2.24) is 4.98 Å². The molecule has 0 bridgehead atoms. The molecule has 0 amide bonds. The molecule has 1 aromatic heterocycles. The SMILES string of the molecule is Cc1cc(C#N)ccc1Oc1ccc(N)cn1. The number of benzene rings is 1. The summed E-state index contributed by atoms with van der Waals surface area (Å²) in [5, 5.41) is 8.76. The smallest absolute Gasteiger partial charge is 0.219 e. The van der Waals surface area contributed by atoms with Gasteiger partial charge in [0.1, 0.15) is 5.75 Å². The summed E-state index contributed by atoms with van der Waals surface area (Å²) < 4.78 is 5.59. The lowest BCUT2D eigenvalue weighted by atomic mass is 10.1. The van der Waals surface area contributed by atoms with Crippen LogP contribution in [0.25, 0.3) is 0 Å². The summed E-state index contributed by atoms with van der Waals surface area (Å²) in [7, 11) is 0. The molecule has 2 aromatic rings. The van der Waals surface area contributed by atoms with Crippen LogP contribution in [0.2, 0.25) is 0 Å². The molecule has 0 unspecified atom stereocenters. The van der Waals surface area contributed by atoms with Gasteiger partial charge in [-0.3, -0.25) is 0 Å². The highest BCUT2D eigenvalue weighted by molar-refractivity contribution is 5.43. The Morgan fingerprint density at radius 2 is 2.12 bits per heavy atom.